The summed E-state index contributed by atoms with van der Waals surface area (Å²) in [6.45, 7) is -0.253. The average Bonchev–Trinajstić information content (AvgIpc) is 2.82. The largest absolute Gasteiger partial charge is 0.465 e. The minimum absolute atomic E-state index is 0.152. The molecule has 0 radical (unpaired) electrons. The molecule has 9 heteroatoms. The predicted octanol–water partition coefficient (Wildman–Crippen LogP) is 3.61. The van der Waals surface area contributed by atoms with Gasteiger partial charge in [-0.15, -0.1) is 0 Å². The van der Waals surface area contributed by atoms with Crippen molar-refractivity contribution in [3.8, 4) is 0 Å². The van der Waals surface area contributed by atoms with Crippen LogP contribution < -0.4 is 5.56 Å². The first-order valence-electron chi connectivity index (χ1n) is 9.51. The second kappa shape index (κ2) is 9.44. The summed E-state index contributed by atoms with van der Waals surface area (Å²) in [6, 6.07) is 17.2. The maximum absolute atomic E-state index is 12.7. The van der Waals surface area contributed by atoms with Gasteiger partial charge in [-0.1, -0.05) is 30.0 Å². The molecule has 32 heavy (non-hydrogen) atoms. The Balaban J connectivity index is 1.54. The number of pyridine rings is 1. The summed E-state index contributed by atoms with van der Waals surface area (Å²) in [5.74, 6) is -0.983. The van der Waals surface area contributed by atoms with Crippen molar-refractivity contribution < 1.29 is 19.1 Å². The van der Waals surface area contributed by atoms with Crippen molar-refractivity contribution in [1.29, 1.82) is 0 Å². The lowest BCUT2D eigenvalue weighted by molar-refractivity contribution is 0.0457. The number of hydrogen-bond donors (Lipinski definition) is 1. The number of aromatic nitrogens is 3. The van der Waals surface area contributed by atoms with Gasteiger partial charge in [-0.2, -0.15) is 0 Å². The van der Waals surface area contributed by atoms with E-state index in [-0.39, 0.29) is 18.0 Å². The predicted molar refractivity (Wildman–Crippen MR) is 118 cm³/mol. The van der Waals surface area contributed by atoms with Crippen LogP contribution in [0.3, 0.4) is 0 Å². The molecule has 2 aromatic carbocycles. The molecule has 2 heterocycles. The molecule has 0 spiro atoms. The summed E-state index contributed by atoms with van der Waals surface area (Å²) in [5.41, 5.74) is 0.458. The Labute approximate surface area is 186 Å². The maximum Gasteiger partial charge on any atom is 0.341 e. The highest BCUT2D eigenvalue weighted by Crippen LogP contribution is 2.28. The number of H-pyrrole nitrogens is 1. The minimum Gasteiger partial charge on any atom is -0.465 e. The third-order valence-electron chi connectivity index (χ3n) is 4.47. The molecular weight excluding hydrogens is 430 g/mol. The first kappa shape index (κ1) is 21.3. The zero-order valence-corrected chi connectivity index (χ0v) is 17.7. The molecule has 0 unspecified atom stereocenters. The van der Waals surface area contributed by atoms with E-state index >= 15 is 0 Å². The summed E-state index contributed by atoms with van der Waals surface area (Å²) < 4.78 is 10.1. The Morgan fingerprint density at radius 1 is 1.03 bits per heavy atom. The van der Waals surface area contributed by atoms with Gasteiger partial charge in [-0.3, -0.25) is 4.79 Å². The highest BCUT2D eigenvalue weighted by atomic mass is 32.2. The lowest BCUT2D eigenvalue weighted by Gasteiger charge is -2.09. The molecule has 0 aliphatic carbocycles. The van der Waals surface area contributed by atoms with Crippen molar-refractivity contribution >= 4 is 34.6 Å². The van der Waals surface area contributed by atoms with Crippen molar-refractivity contribution in [2.75, 3.05) is 7.11 Å². The number of carbonyl (C=O) groups is 2. The van der Waals surface area contributed by atoms with E-state index in [0.717, 1.165) is 4.90 Å². The number of nitrogens with one attached hydrogen (secondary N) is 1. The summed E-state index contributed by atoms with van der Waals surface area (Å²) in [4.78, 5) is 48.9. The third kappa shape index (κ3) is 4.68. The summed E-state index contributed by atoms with van der Waals surface area (Å²) in [5, 5.41) is 0.813. The molecule has 0 fully saturated rings. The van der Waals surface area contributed by atoms with Crippen LogP contribution in [0.15, 0.2) is 81.6 Å². The van der Waals surface area contributed by atoms with E-state index in [1.165, 1.54) is 37.1 Å². The minimum atomic E-state index is -0.595. The standard InChI is InChI=1S/C23H17N3O5S/c1-30-22(28)14-9-10-16-18(12-14)25-19(26-20(16)27)13-31-23(29)17-8-5-11-24-21(17)32-15-6-3-2-4-7-15/h2-12H,13H2,1H3,(H,25,26,27). The van der Waals surface area contributed by atoms with E-state index < -0.39 is 17.5 Å². The van der Waals surface area contributed by atoms with E-state index in [1.807, 2.05) is 30.3 Å². The third-order valence-corrected chi connectivity index (χ3v) is 5.49. The molecule has 160 valence electrons. The lowest BCUT2D eigenvalue weighted by Crippen LogP contribution is -2.15. The summed E-state index contributed by atoms with van der Waals surface area (Å²) in [7, 11) is 1.27. The van der Waals surface area contributed by atoms with Crippen molar-refractivity contribution in [1.82, 2.24) is 15.0 Å². The SMILES string of the molecule is COC(=O)c1ccc2c(=O)[nH]c(COC(=O)c3cccnc3Sc3ccccc3)nc2c1. The number of esters is 2. The van der Waals surface area contributed by atoms with Gasteiger partial charge in [-0.25, -0.2) is 19.6 Å². The van der Waals surface area contributed by atoms with Gasteiger partial charge in [0.05, 0.1) is 29.1 Å². The normalized spacial score (nSPS) is 10.7. The van der Waals surface area contributed by atoms with Gasteiger partial charge in [0.2, 0.25) is 0 Å². The molecule has 8 nitrogen and oxygen atoms in total. The zero-order valence-electron chi connectivity index (χ0n) is 16.9. The van der Waals surface area contributed by atoms with E-state index in [1.54, 1.807) is 18.3 Å². The number of nitrogens with zero attached hydrogens (tertiary/aromatic N) is 2. The number of rotatable bonds is 6. The molecule has 0 bridgehead atoms. The van der Waals surface area contributed by atoms with E-state index in [0.29, 0.717) is 21.5 Å². The first-order valence-corrected chi connectivity index (χ1v) is 10.3. The Morgan fingerprint density at radius 2 is 1.84 bits per heavy atom. The molecular formula is C23H17N3O5S. The van der Waals surface area contributed by atoms with E-state index in [2.05, 4.69) is 15.0 Å². The highest BCUT2D eigenvalue weighted by molar-refractivity contribution is 7.99. The molecule has 0 amide bonds. The quantitative estimate of drug-likeness (QED) is 0.446. The second-order valence-corrected chi connectivity index (χ2v) is 7.65. The van der Waals surface area contributed by atoms with Crippen molar-refractivity contribution in [2.24, 2.45) is 0 Å². The van der Waals surface area contributed by atoms with Gasteiger partial charge in [0, 0.05) is 11.1 Å². The topological polar surface area (TPSA) is 111 Å². The average molecular weight is 447 g/mol. The summed E-state index contributed by atoms with van der Waals surface area (Å²) in [6.07, 6.45) is 1.60. The fraction of sp³-hybridized carbons (Fsp3) is 0.0870. The summed E-state index contributed by atoms with van der Waals surface area (Å²) >= 11 is 1.35. The van der Waals surface area contributed by atoms with Gasteiger partial charge >= 0.3 is 11.9 Å². The molecule has 0 saturated carbocycles. The number of hydrogen-bond acceptors (Lipinski definition) is 8. The van der Waals surface area contributed by atoms with Crippen molar-refractivity contribution in [3.63, 3.8) is 0 Å². The molecule has 0 aliphatic heterocycles. The fourth-order valence-corrected chi connectivity index (χ4v) is 3.83. The molecule has 4 rings (SSSR count). The van der Waals surface area contributed by atoms with E-state index in [4.69, 9.17) is 9.47 Å². The molecule has 0 aliphatic rings. The monoisotopic (exact) mass is 447 g/mol. The number of fused-ring (bicyclic) bond motifs is 1. The number of carbonyl (C=O) groups excluding carboxylic acids is 2. The van der Waals surface area contributed by atoms with E-state index in [9.17, 15) is 14.4 Å². The fourth-order valence-electron chi connectivity index (χ4n) is 2.94. The van der Waals surface area contributed by atoms with Crippen LogP contribution in [0, 0.1) is 0 Å². The van der Waals surface area contributed by atoms with Crippen LogP contribution in [0.4, 0.5) is 0 Å². The van der Waals surface area contributed by atoms with Crippen LogP contribution in [0.1, 0.15) is 26.5 Å². The number of benzene rings is 2. The first-order chi connectivity index (χ1) is 15.5. The van der Waals surface area contributed by atoms with Gasteiger partial charge in [0.1, 0.15) is 17.5 Å². The Morgan fingerprint density at radius 3 is 2.62 bits per heavy atom. The van der Waals surface area contributed by atoms with Crippen molar-refractivity contribution in [3.05, 3.63) is 94.2 Å². The number of ether oxygens (including phenoxy) is 2. The Hall–Kier alpha value is -3.98. The molecule has 4 aromatic rings. The Kier molecular flexibility index (Phi) is 6.27. The van der Waals surface area contributed by atoms with Gasteiger partial charge in [0.15, 0.2) is 0 Å². The maximum atomic E-state index is 12.7. The van der Waals surface area contributed by atoms with Crippen molar-refractivity contribution in [2.45, 2.75) is 16.5 Å². The van der Waals surface area contributed by atoms with Crippen LogP contribution in [0.25, 0.3) is 10.9 Å². The van der Waals surface area contributed by atoms with Crippen LogP contribution >= 0.6 is 11.8 Å². The molecule has 2 aromatic heterocycles. The molecule has 0 saturated heterocycles. The molecule has 1 N–H and O–H groups in total. The number of aromatic amines is 1. The van der Waals surface area contributed by atoms with Crippen LogP contribution in [0.2, 0.25) is 0 Å². The van der Waals surface area contributed by atoms with Gasteiger partial charge < -0.3 is 14.5 Å². The van der Waals surface area contributed by atoms with Crippen LogP contribution in [-0.2, 0) is 16.1 Å². The Bertz CT molecular complexity index is 1350. The highest BCUT2D eigenvalue weighted by Gasteiger charge is 2.16. The second-order valence-electron chi connectivity index (χ2n) is 6.58. The lowest BCUT2D eigenvalue weighted by atomic mass is 10.1. The van der Waals surface area contributed by atoms with Crippen LogP contribution in [0.5, 0.6) is 0 Å². The smallest absolute Gasteiger partial charge is 0.341 e. The number of methoxy groups -OCH3 is 1. The van der Waals surface area contributed by atoms with Gasteiger partial charge in [-0.05, 0) is 42.5 Å². The van der Waals surface area contributed by atoms with Crippen LogP contribution in [-0.4, -0.2) is 34.0 Å². The van der Waals surface area contributed by atoms with Gasteiger partial charge in [0.25, 0.3) is 5.56 Å². The zero-order chi connectivity index (χ0) is 22.5. The molecule has 0 atom stereocenters.